The van der Waals surface area contributed by atoms with E-state index in [1.165, 1.54) is 0 Å². The zero-order valence-electron chi connectivity index (χ0n) is 18.4. The summed E-state index contributed by atoms with van der Waals surface area (Å²) in [5.41, 5.74) is 3.62. The van der Waals surface area contributed by atoms with Crippen molar-refractivity contribution in [3.8, 4) is 11.4 Å². The van der Waals surface area contributed by atoms with Gasteiger partial charge in [-0.1, -0.05) is 11.6 Å². The van der Waals surface area contributed by atoms with Crippen molar-refractivity contribution in [3.63, 3.8) is 0 Å². The molecule has 1 saturated heterocycles. The molecule has 0 spiro atoms. The Balaban J connectivity index is 1.59. The number of nitrogens with two attached hydrogens (primary N) is 1. The Bertz CT molecular complexity index is 1410. The lowest BCUT2D eigenvalue weighted by atomic mass is 10.1. The molecule has 12 heteroatoms. The molecule has 2 amide bonds. The summed E-state index contributed by atoms with van der Waals surface area (Å²) in [7, 11) is 0. The van der Waals surface area contributed by atoms with Gasteiger partial charge in [0.25, 0.3) is 5.56 Å². The fourth-order valence-corrected chi connectivity index (χ4v) is 4.15. The van der Waals surface area contributed by atoms with Crippen LogP contribution >= 0.6 is 11.6 Å². The number of aromatic nitrogens is 1. The van der Waals surface area contributed by atoms with Gasteiger partial charge in [0, 0.05) is 30.8 Å². The summed E-state index contributed by atoms with van der Waals surface area (Å²) in [6, 6.07) is 5.02. The van der Waals surface area contributed by atoms with Crippen LogP contribution in [0.3, 0.4) is 0 Å². The third kappa shape index (κ3) is 4.92. The van der Waals surface area contributed by atoms with Crippen LogP contribution in [0.25, 0.3) is 5.69 Å². The average molecular weight is 524 g/mol. The molecule has 36 heavy (non-hydrogen) atoms. The number of likely N-dealkylation sites (tertiary alicyclic amines) is 1. The molecule has 1 aliphatic heterocycles. The number of primary amides is 1. The van der Waals surface area contributed by atoms with Gasteiger partial charge in [0.05, 0.1) is 0 Å². The third-order valence-electron chi connectivity index (χ3n) is 5.72. The van der Waals surface area contributed by atoms with Crippen LogP contribution in [0.4, 0.5) is 17.6 Å². The van der Waals surface area contributed by atoms with Gasteiger partial charge >= 0.3 is 0 Å². The number of ether oxygens (including phenoxy) is 1. The van der Waals surface area contributed by atoms with E-state index in [1.807, 2.05) is 0 Å². The second-order valence-electron chi connectivity index (χ2n) is 8.08. The minimum atomic E-state index is -1.12. The molecule has 0 radical (unpaired) electrons. The lowest BCUT2D eigenvalue weighted by Gasteiger charge is -2.22. The van der Waals surface area contributed by atoms with E-state index >= 15 is 0 Å². The van der Waals surface area contributed by atoms with Crippen LogP contribution in [0.5, 0.6) is 5.75 Å². The number of hydrogen-bond acceptors (Lipinski definition) is 4. The predicted molar refractivity (Wildman–Crippen MR) is 120 cm³/mol. The molecule has 1 atom stereocenters. The average Bonchev–Trinajstić information content (AvgIpc) is 3.17. The van der Waals surface area contributed by atoms with E-state index in [1.54, 1.807) is 0 Å². The number of benzene rings is 2. The first kappa shape index (κ1) is 25.2. The number of nitrogens with zero attached hydrogens (tertiary/aromatic N) is 2. The molecule has 0 saturated carbocycles. The summed E-state index contributed by atoms with van der Waals surface area (Å²) in [5, 5.41) is -0.519. The molecule has 2 heterocycles. The molecular weight excluding hydrogens is 506 g/mol. The number of halogens is 5. The lowest BCUT2D eigenvalue weighted by molar-refractivity contribution is -0.134. The molecule has 0 bridgehead atoms. The van der Waals surface area contributed by atoms with Gasteiger partial charge in [0.2, 0.25) is 11.8 Å². The normalized spacial score (nSPS) is 15.4. The van der Waals surface area contributed by atoms with E-state index in [2.05, 4.69) is 0 Å². The van der Waals surface area contributed by atoms with Gasteiger partial charge < -0.3 is 15.4 Å². The van der Waals surface area contributed by atoms with E-state index in [0.29, 0.717) is 10.6 Å². The van der Waals surface area contributed by atoms with Crippen LogP contribution in [-0.2, 0) is 22.7 Å². The van der Waals surface area contributed by atoms with Crippen LogP contribution in [0.1, 0.15) is 24.0 Å². The number of carbonyl (C=O) groups is 2. The molecule has 2 N–H and O–H groups in total. The molecule has 1 aliphatic rings. The van der Waals surface area contributed by atoms with Crippen molar-refractivity contribution >= 4 is 23.4 Å². The Labute approximate surface area is 206 Å². The summed E-state index contributed by atoms with van der Waals surface area (Å²) < 4.78 is 62.7. The van der Waals surface area contributed by atoms with Crippen molar-refractivity contribution in [1.82, 2.24) is 9.47 Å². The minimum absolute atomic E-state index is 0.000573. The second kappa shape index (κ2) is 10.0. The minimum Gasteiger partial charge on any atom is -0.487 e. The first-order valence-corrected chi connectivity index (χ1v) is 11.0. The van der Waals surface area contributed by atoms with Gasteiger partial charge in [-0.15, -0.1) is 0 Å². The Hall–Kier alpha value is -3.86. The zero-order valence-corrected chi connectivity index (χ0v) is 19.2. The van der Waals surface area contributed by atoms with Crippen LogP contribution in [-0.4, -0.2) is 27.3 Å². The van der Waals surface area contributed by atoms with Crippen molar-refractivity contribution in [2.45, 2.75) is 32.0 Å². The van der Waals surface area contributed by atoms with Gasteiger partial charge in [0.15, 0.2) is 11.6 Å². The van der Waals surface area contributed by atoms with E-state index < -0.39 is 51.5 Å². The van der Waals surface area contributed by atoms with Crippen molar-refractivity contribution in [2.75, 3.05) is 0 Å². The molecular formula is C24H18ClF4N3O4. The Kier molecular flexibility index (Phi) is 7.02. The van der Waals surface area contributed by atoms with E-state index in [0.717, 1.165) is 41.4 Å². The summed E-state index contributed by atoms with van der Waals surface area (Å²) in [6.45, 7) is -0.628. The summed E-state index contributed by atoms with van der Waals surface area (Å²) >= 11 is 6.05. The Morgan fingerprint density at radius 1 is 1.06 bits per heavy atom. The monoisotopic (exact) mass is 523 g/mol. The molecule has 0 unspecified atom stereocenters. The van der Waals surface area contributed by atoms with Gasteiger partial charge in [-0.05, 0) is 42.3 Å². The zero-order chi connectivity index (χ0) is 26.1. The quantitative estimate of drug-likeness (QED) is 0.479. The molecule has 2 aromatic carbocycles. The smallest absolute Gasteiger partial charge is 0.277 e. The topological polar surface area (TPSA) is 94.6 Å². The molecule has 4 rings (SSSR count). The van der Waals surface area contributed by atoms with Crippen LogP contribution in [0.15, 0.2) is 47.4 Å². The number of rotatable bonds is 7. The highest BCUT2D eigenvalue weighted by Gasteiger charge is 2.35. The standard InChI is InChI=1S/C24H18ClF4N3O4/c25-21-19(36-11-13-1-2-14(26)9-15(13)27)5-6-31(24(21)35)22-16(28)7-12(8-17(22)29)10-32-18(23(30)34)3-4-20(32)33/h1-2,5-9,18H,3-4,10-11H2,(H2,30,34)/t18-/m0/s1. The maximum absolute atomic E-state index is 14.9. The molecule has 0 aliphatic carbocycles. The molecule has 188 valence electrons. The highest BCUT2D eigenvalue weighted by atomic mass is 35.5. The second-order valence-corrected chi connectivity index (χ2v) is 8.46. The van der Waals surface area contributed by atoms with Gasteiger partial charge in [-0.25, -0.2) is 17.6 Å². The number of pyridine rings is 1. The van der Waals surface area contributed by atoms with Crippen molar-refractivity contribution in [3.05, 3.63) is 92.4 Å². The van der Waals surface area contributed by atoms with Crippen LogP contribution < -0.4 is 16.0 Å². The number of amides is 2. The first-order valence-electron chi connectivity index (χ1n) is 10.6. The largest absolute Gasteiger partial charge is 0.487 e. The highest BCUT2D eigenvalue weighted by Crippen LogP contribution is 2.27. The fraction of sp³-hybridized carbons (Fsp3) is 0.208. The third-order valence-corrected chi connectivity index (χ3v) is 6.07. The maximum atomic E-state index is 14.9. The van der Waals surface area contributed by atoms with Gasteiger partial charge in [-0.2, -0.15) is 0 Å². The SMILES string of the molecule is NC(=O)[C@@H]1CCC(=O)N1Cc1cc(F)c(-n2ccc(OCc3ccc(F)cc3F)c(Cl)c2=O)c(F)c1. The van der Waals surface area contributed by atoms with E-state index in [-0.39, 0.29) is 48.8 Å². The van der Waals surface area contributed by atoms with Crippen LogP contribution in [0.2, 0.25) is 5.02 Å². The number of hydrogen-bond donors (Lipinski definition) is 1. The molecule has 1 aromatic heterocycles. The van der Waals surface area contributed by atoms with Crippen LogP contribution in [0, 0.1) is 23.3 Å². The van der Waals surface area contributed by atoms with Gasteiger partial charge in [-0.3, -0.25) is 19.0 Å². The lowest BCUT2D eigenvalue weighted by Crippen LogP contribution is -2.41. The Morgan fingerprint density at radius 2 is 1.75 bits per heavy atom. The molecule has 3 aromatic rings. The number of carbonyl (C=O) groups excluding carboxylic acids is 2. The van der Waals surface area contributed by atoms with E-state index in [4.69, 9.17) is 22.1 Å². The van der Waals surface area contributed by atoms with Crippen molar-refractivity contribution < 1.29 is 31.9 Å². The van der Waals surface area contributed by atoms with E-state index in [9.17, 15) is 31.9 Å². The predicted octanol–water partition coefficient (Wildman–Crippen LogP) is 3.60. The van der Waals surface area contributed by atoms with Gasteiger partial charge in [0.1, 0.15) is 40.7 Å². The van der Waals surface area contributed by atoms with Crippen molar-refractivity contribution in [2.24, 2.45) is 5.73 Å². The summed E-state index contributed by atoms with van der Waals surface area (Å²) in [6.07, 6.45) is 1.33. The summed E-state index contributed by atoms with van der Waals surface area (Å²) in [5.74, 6) is -5.14. The molecule has 1 fully saturated rings. The fourth-order valence-electron chi connectivity index (χ4n) is 3.94. The summed E-state index contributed by atoms with van der Waals surface area (Å²) in [4.78, 5) is 37.5. The molecule has 7 nitrogen and oxygen atoms in total. The Morgan fingerprint density at radius 3 is 2.39 bits per heavy atom. The van der Waals surface area contributed by atoms with Crippen molar-refractivity contribution in [1.29, 1.82) is 0 Å². The highest BCUT2D eigenvalue weighted by molar-refractivity contribution is 6.31. The maximum Gasteiger partial charge on any atom is 0.277 e. The first-order chi connectivity index (χ1) is 17.1.